The van der Waals surface area contributed by atoms with Crippen LogP contribution in [0.15, 0.2) is 47.4 Å². The molecule has 0 fully saturated rings. The average Bonchev–Trinajstić information content (AvgIpc) is 2.57. The molecule has 0 aromatic heterocycles. The van der Waals surface area contributed by atoms with Crippen molar-refractivity contribution in [2.75, 3.05) is 6.54 Å². The van der Waals surface area contributed by atoms with Crippen LogP contribution in [0.5, 0.6) is 0 Å². The molecular formula is C17H17ClF2N2O3S. The number of halogens is 3. The number of carbonyl (C=O) groups excluding carboxylic acids is 1. The quantitative estimate of drug-likeness (QED) is 0.666. The van der Waals surface area contributed by atoms with Gasteiger partial charge in [0.05, 0.1) is 0 Å². The van der Waals surface area contributed by atoms with Crippen molar-refractivity contribution in [1.29, 1.82) is 0 Å². The maximum Gasteiger partial charge on any atom is 0.243 e. The summed E-state index contributed by atoms with van der Waals surface area (Å²) >= 11 is 5.98. The fraction of sp³-hybridized carbons (Fsp3) is 0.235. The summed E-state index contributed by atoms with van der Waals surface area (Å²) in [7, 11) is -4.11. The van der Waals surface area contributed by atoms with Crippen molar-refractivity contribution in [3.8, 4) is 0 Å². The molecule has 5 nitrogen and oxygen atoms in total. The molecule has 2 N–H and O–H groups in total. The summed E-state index contributed by atoms with van der Waals surface area (Å²) in [4.78, 5) is 11.1. The number of sulfonamides is 1. The third-order valence-corrected chi connectivity index (χ3v) is 5.35. The third kappa shape index (κ3) is 5.76. The molecule has 9 heteroatoms. The van der Waals surface area contributed by atoms with E-state index in [0.29, 0.717) is 11.1 Å². The standard InChI is InChI=1S/C17H17ClF2N2O3S/c18-14-5-2-1-4-12(14)11-21-17(23)6-3-9-22-26(24,25)16-8-7-13(19)10-15(16)20/h1-2,4-5,7-8,10,22H,3,6,9,11H2,(H,21,23). The topological polar surface area (TPSA) is 75.3 Å². The van der Waals surface area contributed by atoms with Gasteiger partial charge in [0.2, 0.25) is 15.9 Å². The maximum atomic E-state index is 13.5. The van der Waals surface area contributed by atoms with Gasteiger partial charge in [0.15, 0.2) is 0 Å². The van der Waals surface area contributed by atoms with Crippen LogP contribution in [0, 0.1) is 11.6 Å². The lowest BCUT2D eigenvalue weighted by molar-refractivity contribution is -0.121. The van der Waals surface area contributed by atoms with E-state index in [2.05, 4.69) is 10.0 Å². The first-order valence-electron chi connectivity index (χ1n) is 7.74. The van der Waals surface area contributed by atoms with Gasteiger partial charge in [0, 0.05) is 30.6 Å². The van der Waals surface area contributed by atoms with E-state index in [4.69, 9.17) is 11.6 Å². The molecule has 0 spiro atoms. The van der Waals surface area contributed by atoms with Gasteiger partial charge in [-0.3, -0.25) is 4.79 Å². The van der Waals surface area contributed by atoms with Crippen molar-refractivity contribution in [2.45, 2.75) is 24.3 Å². The van der Waals surface area contributed by atoms with E-state index in [0.717, 1.165) is 17.7 Å². The molecule has 0 unspecified atom stereocenters. The van der Waals surface area contributed by atoms with Gasteiger partial charge in [-0.15, -0.1) is 0 Å². The molecule has 0 aliphatic carbocycles. The molecule has 26 heavy (non-hydrogen) atoms. The lowest BCUT2D eigenvalue weighted by Gasteiger charge is -2.09. The van der Waals surface area contributed by atoms with Gasteiger partial charge in [0.1, 0.15) is 16.5 Å². The molecule has 2 aromatic carbocycles. The predicted molar refractivity (Wildman–Crippen MR) is 94.1 cm³/mol. The van der Waals surface area contributed by atoms with Crippen molar-refractivity contribution in [2.24, 2.45) is 0 Å². The van der Waals surface area contributed by atoms with Gasteiger partial charge in [-0.05, 0) is 30.2 Å². The number of hydrogen-bond acceptors (Lipinski definition) is 3. The first kappa shape index (κ1) is 20.3. The largest absolute Gasteiger partial charge is 0.352 e. The fourth-order valence-electron chi connectivity index (χ4n) is 2.15. The monoisotopic (exact) mass is 402 g/mol. The highest BCUT2D eigenvalue weighted by Gasteiger charge is 2.19. The van der Waals surface area contributed by atoms with E-state index in [-0.39, 0.29) is 31.8 Å². The Morgan fingerprint density at radius 1 is 1.12 bits per heavy atom. The molecule has 1 amide bonds. The number of benzene rings is 2. The Bertz CT molecular complexity index is 891. The summed E-state index contributed by atoms with van der Waals surface area (Å²) in [5.41, 5.74) is 0.773. The SMILES string of the molecule is O=C(CCCNS(=O)(=O)c1ccc(F)cc1F)NCc1ccccc1Cl. The Hall–Kier alpha value is -2.03. The minimum absolute atomic E-state index is 0.0569. The molecule has 0 heterocycles. The van der Waals surface area contributed by atoms with Crippen molar-refractivity contribution in [3.63, 3.8) is 0 Å². The van der Waals surface area contributed by atoms with E-state index in [1.807, 2.05) is 0 Å². The predicted octanol–water partition coefficient (Wildman–Crippen LogP) is 2.99. The first-order valence-corrected chi connectivity index (χ1v) is 9.60. The zero-order chi connectivity index (χ0) is 19.2. The molecule has 2 aromatic rings. The van der Waals surface area contributed by atoms with Crippen LogP contribution < -0.4 is 10.0 Å². The van der Waals surface area contributed by atoms with Gasteiger partial charge in [-0.2, -0.15) is 0 Å². The van der Waals surface area contributed by atoms with E-state index >= 15 is 0 Å². The Labute approximate surface area is 155 Å². The highest BCUT2D eigenvalue weighted by molar-refractivity contribution is 7.89. The Morgan fingerprint density at radius 2 is 1.85 bits per heavy atom. The van der Waals surface area contributed by atoms with Crippen LogP contribution in [0.1, 0.15) is 18.4 Å². The van der Waals surface area contributed by atoms with E-state index < -0.39 is 26.6 Å². The molecule has 0 aliphatic rings. The van der Waals surface area contributed by atoms with Crippen molar-refractivity contribution in [3.05, 3.63) is 64.7 Å². The third-order valence-electron chi connectivity index (χ3n) is 3.49. The van der Waals surface area contributed by atoms with E-state index in [1.165, 1.54) is 0 Å². The van der Waals surface area contributed by atoms with E-state index in [1.54, 1.807) is 24.3 Å². The molecule has 0 radical (unpaired) electrons. The second kappa shape index (κ2) is 9.07. The fourth-order valence-corrected chi connectivity index (χ4v) is 3.48. The summed E-state index contributed by atoms with van der Waals surface area (Å²) in [5, 5.41) is 3.23. The first-order chi connectivity index (χ1) is 12.3. The maximum absolute atomic E-state index is 13.5. The highest BCUT2D eigenvalue weighted by Crippen LogP contribution is 2.16. The molecule has 140 valence electrons. The summed E-state index contributed by atoms with van der Waals surface area (Å²) in [5.74, 6) is -2.30. The molecule has 0 atom stereocenters. The zero-order valence-electron chi connectivity index (χ0n) is 13.6. The van der Waals surface area contributed by atoms with Crippen LogP contribution in [0.25, 0.3) is 0 Å². The zero-order valence-corrected chi connectivity index (χ0v) is 15.2. The number of amides is 1. The molecule has 0 aliphatic heterocycles. The highest BCUT2D eigenvalue weighted by atomic mass is 35.5. The van der Waals surface area contributed by atoms with Crippen LogP contribution in [0.4, 0.5) is 8.78 Å². The summed E-state index contributed by atoms with van der Waals surface area (Å²) in [6.07, 6.45) is 0.301. The molecule has 0 saturated carbocycles. The van der Waals surface area contributed by atoms with Gasteiger partial charge in [0.25, 0.3) is 0 Å². The molecule has 0 bridgehead atoms. The van der Waals surface area contributed by atoms with Crippen LogP contribution in [0.2, 0.25) is 5.02 Å². The summed E-state index contributed by atoms with van der Waals surface area (Å²) in [6, 6.07) is 9.29. The number of hydrogen-bond donors (Lipinski definition) is 2. The average molecular weight is 403 g/mol. The minimum atomic E-state index is -4.11. The second-order valence-electron chi connectivity index (χ2n) is 5.44. The van der Waals surface area contributed by atoms with Crippen LogP contribution >= 0.6 is 11.6 Å². The lowest BCUT2D eigenvalue weighted by atomic mass is 10.2. The van der Waals surface area contributed by atoms with Gasteiger partial charge in [-0.1, -0.05) is 29.8 Å². The van der Waals surface area contributed by atoms with Gasteiger partial charge >= 0.3 is 0 Å². The number of carbonyl (C=O) groups is 1. The van der Waals surface area contributed by atoms with Crippen LogP contribution in [0.3, 0.4) is 0 Å². The summed E-state index contributed by atoms with van der Waals surface area (Å²) in [6.45, 7) is 0.212. The van der Waals surface area contributed by atoms with Crippen molar-refractivity contribution >= 4 is 27.5 Å². The minimum Gasteiger partial charge on any atom is -0.352 e. The van der Waals surface area contributed by atoms with Crippen LogP contribution in [-0.2, 0) is 21.4 Å². The number of rotatable bonds is 8. The Balaban J connectivity index is 1.77. The van der Waals surface area contributed by atoms with Gasteiger partial charge in [-0.25, -0.2) is 21.9 Å². The second-order valence-corrected chi connectivity index (χ2v) is 7.59. The normalized spacial score (nSPS) is 11.3. The number of nitrogens with one attached hydrogen (secondary N) is 2. The smallest absolute Gasteiger partial charge is 0.243 e. The summed E-state index contributed by atoms with van der Waals surface area (Å²) < 4.78 is 52.5. The Kier molecular flexibility index (Phi) is 7.07. The molecular weight excluding hydrogens is 386 g/mol. The van der Waals surface area contributed by atoms with Crippen molar-refractivity contribution < 1.29 is 22.0 Å². The van der Waals surface area contributed by atoms with Crippen molar-refractivity contribution in [1.82, 2.24) is 10.0 Å². The van der Waals surface area contributed by atoms with E-state index in [9.17, 15) is 22.0 Å². The van der Waals surface area contributed by atoms with Gasteiger partial charge < -0.3 is 5.32 Å². The molecule has 0 saturated heterocycles. The lowest BCUT2D eigenvalue weighted by Crippen LogP contribution is -2.28. The Morgan fingerprint density at radius 3 is 2.54 bits per heavy atom. The molecule has 2 rings (SSSR count). The van der Waals surface area contributed by atoms with Crippen LogP contribution in [-0.4, -0.2) is 20.9 Å².